The Balaban J connectivity index is 2.16. The molecule has 104 valence electrons. The van der Waals surface area contributed by atoms with Crippen LogP contribution in [0.1, 0.15) is 30.1 Å². The zero-order valence-electron chi connectivity index (χ0n) is 10.9. The van der Waals surface area contributed by atoms with Crippen LogP contribution in [0.5, 0.6) is 0 Å². The molecule has 1 aromatic heterocycles. The molecular formula is C13H18ClN3O2. The van der Waals surface area contributed by atoms with Crippen LogP contribution in [0.3, 0.4) is 0 Å². The minimum Gasteiger partial charge on any atom is -0.462 e. The number of piperidine rings is 1. The number of halogens is 1. The maximum absolute atomic E-state index is 11.9. The first kappa shape index (κ1) is 14.1. The molecular weight excluding hydrogens is 266 g/mol. The molecule has 19 heavy (non-hydrogen) atoms. The molecule has 2 N–H and O–H groups in total. The van der Waals surface area contributed by atoms with Crippen LogP contribution in [0.2, 0.25) is 5.15 Å². The van der Waals surface area contributed by atoms with Crippen LogP contribution in [0, 0.1) is 0 Å². The lowest BCUT2D eigenvalue weighted by Crippen LogP contribution is -2.35. The van der Waals surface area contributed by atoms with Gasteiger partial charge in [0.15, 0.2) is 0 Å². The summed E-state index contributed by atoms with van der Waals surface area (Å²) in [4.78, 5) is 15.8. The molecule has 0 aromatic carbocycles. The second-order valence-corrected chi connectivity index (χ2v) is 4.83. The lowest BCUT2D eigenvalue weighted by Gasteiger charge is -2.25. The van der Waals surface area contributed by atoms with E-state index in [1.54, 1.807) is 13.0 Å². The Bertz CT molecular complexity index is 448. The first-order chi connectivity index (χ1) is 9.20. The summed E-state index contributed by atoms with van der Waals surface area (Å²) >= 11 is 5.90. The smallest absolute Gasteiger partial charge is 0.341 e. The molecule has 2 heterocycles. The zero-order chi connectivity index (χ0) is 13.7. The minimum absolute atomic E-state index is 0.341. The summed E-state index contributed by atoms with van der Waals surface area (Å²) in [6, 6.07) is 2.02. The molecule has 1 aromatic rings. The quantitative estimate of drug-likeness (QED) is 0.654. The number of nitrogens with one attached hydrogen (secondary N) is 2. The van der Waals surface area contributed by atoms with Crippen LogP contribution in [0.25, 0.3) is 0 Å². The van der Waals surface area contributed by atoms with Gasteiger partial charge in [-0.3, -0.25) is 0 Å². The van der Waals surface area contributed by atoms with Crippen molar-refractivity contribution in [3.8, 4) is 0 Å². The van der Waals surface area contributed by atoms with E-state index in [4.69, 9.17) is 16.3 Å². The van der Waals surface area contributed by atoms with E-state index in [2.05, 4.69) is 15.6 Å². The van der Waals surface area contributed by atoms with Gasteiger partial charge >= 0.3 is 5.97 Å². The monoisotopic (exact) mass is 283 g/mol. The van der Waals surface area contributed by atoms with Gasteiger partial charge in [-0.1, -0.05) is 11.6 Å². The van der Waals surface area contributed by atoms with E-state index >= 15 is 0 Å². The van der Waals surface area contributed by atoms with Crippen LogP contribution in [-0.4, -0.2) is 36.7 Å². The lowest BCUT2D eigenvalue weighted by atomic mass is 10.1. The number of ether oxygens (including phenoxy) is 1. The van der Waals surface area contributed by atoms with Crippen LogP contribution >= 0.6 is 11.6 Å². The Kier molecular flexibility index (Phi) is 4.99. The summed E-state index contributed by atoms with van der Waals surface area (Å²) in [6.45, 7) is 4.08. The second-order valence-electron chi connectivity index (χ2n) is 4.44. The van der Waals surface area contributed by atoms with Gasteiger partial charge < -0.3 is 15.4 Å². The predicted molar refractivity (Wildman–Crippen MR) is 74.7 cm³/mol. The number of carbonyl (C=O) groups excluding carboxylic acids is 1. The standard InChI is InChI=1S/C13H18ClN3O2/c1-2-19-13(18)10-8-16-12(14)7-11(10)17-9-3-5-15-6-4-9/h7-9,15H,2-6H2,1H3,(H,16,17). The van der Waals surface area contributed by atoms with Crippen molar-refractivity contribution in [2.24, 2.45) is 0 Å². The number of rotatable bonds is 4. The summed E-state index contributed by atoms with van der Waals surface area (Å²) in [5.74, 6) is -0.372. The van der Waals surface area contributed by atoms with Crippen molar-refractivity contribution < 1.29 is 9.53 Å². The van der Waals surface area contributed by atoms with Crippen molar-refractivity contribution in [1.82, 2.24) is 10.3 Å². The molecule has 0 atom stereocenters. The Morgan fingerprint density at radius 1 is 1.58 bits per heavy atom. The summed E-state index contributed by atoms with van der Waals surface area (Å²) < 4.78 is 5.02. The van der Waals surface area contributed by atoms with E-state index in [9.17, 15) is 4.79 Å². The number of esters is 1. The largest absolute Gasteiger partial charge is 0.462 e. The molecule has 0 amide bonds. The lowest BCUT2D eigenvalue weighted by molar-refractivity contribution is 0.0527. The fourth-order valence-corrected chi connectivity index (χ4v) is 2.26. The number of carbonyl (C=O) groups is 1. The Morgan fingerprint density at radius 3 is 3.00 bits per heavy atom. The van der Waals surface area contributed by atoms with E-state index in [0.29, 0.717) is 29.1 Å². The molecule has 5 nitrogen and oxygen atoms in total. The van der Waals surface area contributed by atoms with Gasteiger partial charge in [0.2, 0.25) is 0 Å². The number of pyridine rings is 1. The van der Waals surface area contributed by atoms with Crippen molar-refractivity contribution in [3.05, 3.63) is 23.0 Å². The van der Waals surface area contributed by atoms with Gasteiger partial charge in [0, 0.05) is 12.2 Å². The van der Waals surface area contributed by atoms with E-state index in [1.165, 1.54) is 6.20 Å². The molecule has 0 unspecified atom stereocenters. The van der Waals surface area contributed by atoms with Crippen LogP contribution in [0.15, 0.2) is 12.3 Å². The van der Waals surface area contributed by atoms with Crippen molar-refractivity contribution in [1.29, 1.82) is 0 Å². The average Bonchev–Trinajstić information content (AvgIpc) is 2.40. The van der Waals surface area contributed by atoms with E-state index in [0.717, 1.165) is 25.9 Å². The number of aromatic nitrogens is 1. The number of nitrogens with zero attached hydrogens (tertiary/aromatic N) is 1. The molecule has 2 rings (SSSR count). The third-order valence-electron chi connectivity index (χ3n) is 3.06. The zero-order valence-corrected chi connectivity index (χ0v) is 11.7. The third kappa shape index (κ3) is 3.81. The fraction of sp³-hybridized carbons (Fsp3) is 0.538. The molecule has 0 aliphatic carbocycles. The highest BCUT2D eigenvalue weighted by atomic mass is 35.5. The normalized spacial score (nSPS) is 16.1. The number of hydrogen-bond donors (Lipinski definition) is 2. The maximum Gasteiger partial charge on any atom is 0.341 e. The van der Waals surface area contributed by atoms with E-state index in [1.807, 2.05) is 0 Å². The first-order valence-corrected chi connectivity index (χ1v) is 6.88. The van der Waals surface area contributed by atoms with Gasteiger partial charge in [0.1, 0.15) is 10.7 Å². The topological polar surface area (TPSA) is 63.2 Å². The SMILES string of the molecule is CCOC(=O)c1cnc(Cl)cc1NC1CCNCC1. The average molecular weight is 284 g/mol. The van der Waals surface area contributed by atoms with Crippen molar-refractivity contribution in [2.75, 3.05) is 25.0 Å². The molecule has 0 saturated carbocycles. The van der Waals surface area contributed by atoms with E-state index < -0.39 is 0 Å². The highest BCUT2D eigenvalue weighted by Gasteiger charge is 2.18. The van der Waals surface area contributed by atoms with Gasteiger partial charge in [-0.25, -0.2) is 9.78 Å². The van der Waals surface area contributed by atoms with Gasteiger partial charge in [-0.2, -0.15) is 0 Å². The molecule has 1 aliphatic rings. The maximum atomic E-state index is 11.9. The summed E-state index contributed by atoms with van der Waals surface area (Å²) in [5.41, 5.74) is 1.13. The number of hydrogen-bond acceptors (Lipinski definition) is 5. The van der Waals surface area contributed by atoms with E-state index in [-0.39, 0.29) is 5.97 Å². The molecule has 0 spiro atoms. The third-order valence-corrected chi connectivity index (χ3v) is 3.27. The molecule has 1 saturated heterocycles. The van der Waals surface area contributed by atoms with Gasteiger partial charge in [-0.05, 0) is 38.9 Å². The first-order valence-electron chi connectivity index (χ1n) is 6.50. The van der Waals surface area contributed by atoms with Crippen molar-refractivity contribution in [3.63, 3.8) is 0 Å². The fourth-order valence-electron chi connectivity index (χ4n) is 2.11. The van der Waals surface area contributed by atoms with Crippen LogP contribution in [0.4, 0.5) is 5.69 Å². The molecule has 0 radical (unpaired) electrons. The van der Waals surface area contributed by atoms with Gasteiger partial charge in [-0.15, -0.1) is 0 Å². The van der Waals surface area contributed by atoms with Gasteiger partial charge in [0.05, 0.1) is 12.3 Å². The van der Waals surface area contributed by atoms with Crippen LogP contribution in [-0.2, 0) is 4.74 Å². The van der Waals surface area contributed by atoms with Crippen molar-refractivity contribution >= 4 is 23.3 Å². The predicted octanol–water partition coefficient (Wildman–Crippen LogP) is 2.08. The summed E-state index contributed by atoms with van der Waals surface area (Å²) in [5, 5.41) is 7.03. The Morgan fingerprint density at radius 2 is 2.32 bits per heavy atom. The highest BCUT2D eigenvalue weighted by molar-refractivity contribution is 6.29. The molecule has 6 heteroatoms. The van der Waals surface area contributed by atoms with Crippen LogP contribution < -0.4 is 10.6 Å². The van der Waals surface area contributed by atoms with Gasteiger partial charge in [0.25, 0.3) is 0 Å². The summed E-state index contributed by atoms with van der Waals surface area (Å²) in [7, 11) is 0. The highest BCUT2D eigenvalue weighted by Crippen LogP contribution is 2.22. The van der Waals surface area contributed by atoms with Crippen molar-refractivity contribution in [2.45, 2.75) is 25.8 Å². The molecule has 1 fully saturated rings. The Labute approximate surface area is 117 Å². The Hall–Kier alpha value is -1.33. The second kappa shape index (κ2) is 6.73. The molecule has 1 aliphatic heterocycles. The summed E-state index contributed by atoms with van der Waals surface area (Å²) in [6.07, 6.45) is 3.49. The number of anilines is 1. The molecule has 0 bridgehead atoms. The minimum atomic E-state index is -0.372.